The summed E-state index contributed by atoms with van der Waals surface area (Å²) in [7, 11) is 0. The third-order valence-corrected chi connectivity index (χ3v) is 8.16. The lowest BCUT2D eigenvalue weighted by atomic mass is 9.61. The van der Waals surface area contributed by atoms with Crippen LogP contribution in [-0.2, 0) is 9.53 Å². The number of hydrogen-bond acceptors (Lipinski definition) is 4. The topological polar surface area (TPSA) is 66.8 Å². The van der Waals surface area contributed by atoms with Crippen molar-refractivity contribution < 1.29 is 19.7 Å². The molecule has 31 heavy (non-hydrogen) atoms. The average Bonchev–Trinajstić information content (AvgIpc) is 3.07. The number of ether oxygens (including phenoxy) is 1. The first-order chi connectivity index (χ1) is 14.8. The van der Waals surface area contributed by atoms with Crippen LogP contribution >= 0.6 is 0 Å². The fourth-order valence-electron chi connectivity index (χ4n) is 6.51. The molecular formula is C27H42O4. The highest BCUT2D eigenvalue weighted by molar-refractivity contribution is 5.79. The van der Waals surface area contributed by atoms with Crippen LogP contribution in [0.25, 0.3) is 0 Å². The second kappa shape index (κ2) is 10.6. The van der Waals surface area contributed by atoms with Gasteiger partial charge in [0.05, 0.1) is 18.8 Å². The van der Waals surface area contributed by atoms with Gasteiger partial charge in [0, 0.05) is 12.8 Å². The Kier molecular flexibility index (Phi) is 8.34. The van der Waals surface area contributed by atoms with E-state index in [9.17, 15) is 15.0 Å². The van der Waals surface area contributed by atoms with Gasteiger partial charge in [-0.1, -0.05) is 45.1 Å². The maximum absolute atomic E-state index is 11.8. The van der Waals surface area contributed by atoms with E-state index >= 15 is 0 Å². The minimum atomic E-state index is -0.633. The molecule has 3 rings (SSSR count). The zero-order valence-corrected chi connectivity index (χ0v) is 19.7. The second-order valence-corrected chi connectivity index (χ2v) is 10.4. The molecule has 3 saturated carbocycles. The van der Waals surface area contributed by atoms with Gasteiger partial charge < -0.3 is 14.9 Å². The molecule has 0 spiro atoms. The summed E-state index contributed by atoms with van der Waals surface area (Å²) >= 11 is 0. The van der Waals surface area contributed by atoms with E-state index in [2.05, 4.69) is 32.6 Å². The molecule has 6 atom stereocenters. The molecule has 0 aromatic heterocycles. The van der Waals surface area contributed by atoms with Gasteiger partial charge in [0.15, 0.2) is 5.78 Å². The van der Waals surface area contributed by atoms with E-state index in [4.69, 9.17) is 4.74 Å². The van der Waals surface area contributed by atoms with E-state index in [1.165, 1.54) is 31.3 Å². The van der Waals surface area contributed by atoms with Crippen LogP contribution in [0.15, 0.2) is 35.5 Å². The molecule has 174 valence electrons. The molecule has 0 aromatic carbocycles. The molecule has 3 aliphatic carbocycles. The van der Waals surface area contributed by atoms with E-state index in [0.29, 0.717) is 43.6 Å². The molecule has 0 heterocycles. The van der Waals surface area contributed by atoms with Gasteiger partial charge in [-0.05, 0) is 79.3 Å². The van der Waals surface area contributed by atoms with Crippen molar-refractivity contribution in [3.05, 3.63) is 35.5 Å². The summed E-state index contributed by atoms with van der Waals surface area (Å²) in [6.07, 6.45) is 11.7. The van der Waals surface area contributed by atoms with Crippen LogP contribution in [0.4, 0.5) is 0 Å². The predicted molar refractivity (Wildman–Crippen MR) is 125 cm³/mol. The molecule has 0 radical (unpaired) electrons. The van der Waals surface area contributed by atoms with Crippen LogP contribution < -0.4 is 0 Å². The van der Waals surface area contributed by atoms with Crippen LogP contribution in [0.1, 0.15) is 78.6 Å². The Bertz CT molecular complexity index is 721. The second-order valence-electron chi connectivity index (χ2n) is 10.4. The van der Waals surface area contributed by atoms with Gasteiger partial charge in [-0.3, -0.25) is 4.79 Å². The Hall–Kier alpha value is -1.23. The maximum Gasteiger partial charge on any atom is 0.158 e. The molecule has 2 N–H and O–H groups in total. The fraction of sp³-hybridized carbons (Fsp3) is 0.741. The molecule has 0 amide bonds. The van der Waals surface area contributed by atoms with Crippen molar-refractivity contribution in [2.24, 2.45) is 23.2 Å². The standard InChI is InChI=1S/C27H42O4/c1-5-7-22(28)17-31-16-18(2)24-11-12-25-20(8-6-13-27(24,25)4)9-10-21-14-23(29)15-26(30)19(21)3/h9-10,18,23-26,29-30H,3,5-8,11-17H2,1-2,4H3/b20-9+,21-10-/t18-,23-,24-,25+,26+,27-/m1/s1. The summed E-state index contributed by atoms with van der Waals surface area (Å²) in [6.45, 7) is 11.7. The third-order valence-electron chi connectivity index (χ3n) is 8.16. The van der Waals surface area contributed by atoms with Crippen LogP contribution in [0.3, 0.4) is 0 Å². The fourth-order valence-corrected chi connectivity index (χ4v) is 6.51. The lowest BCUT2D eigenvalue weighted by Gasteiger charge is -2.44. The molecule has 0 unspecified atom stereocenters. The van der Waals surface area contributed by atoms with E-state index < -0.39 is 12.2 Å². The van der Waals surface area contributed by atoms with Crippen molar-refractivity contribution in [3.8, 4) is 0 Å². The normalized spacial score (nSPS) is 37.3. The molecular weight excluding hydrogens is 388 g/mol. The van der Waals surface area contributed by atoms with Gasteiger partial charge in [0.2, 0.25) is 0 Å². The Morgan fingerprint density at radius 3 is 2.84 bits per heavy atom. The molecule has 4 nitrogen and oxygen atoms in total. The number of carbonyl (C=O) groups excluding carboxylic acids is 1. The first-order valence-corrected chi connectivity index (χ1v) is 12.3. The van der Waals surface area contributed by atoms with Crippen LogP contribution in [0, 0.1) is 23.2 Å². The zero-order valence-electron chi connectivity index (χ0n) is 19.7. The van der Waals surface area contributed by atoms with E-state index in [0.717, 1.165) is 24.0 Å². The molecule has 0 saturated heterocycles. The molecule has 0 bridgehead atoms. The van der Waals surface area contributed by atoms with Gasteiger partial charge in [0.25, 0.3) is 0 Å². The number of aliphatic hydroxyl groups excluding tert-OH is 2. The van der Waals surface area contributed by atoms with Crippen molar-refractivity contribution in [2.75, 3.05) is 13.2 Å². The number of aliphatic hydroxyl groups is 2. The summed E-state index contributed by atoms with van der Waals surface area (Å²) < 4.78 is 5.80. The Balaban J connectivity index is 1.66. The number of rotatable bonds is 8. The number of hydrogen-bond donors (Lipinski definition) is 2. The van der Waals surface area contributed by atoms with Gasteiger partial charge in [0.1, 0.15) is 6.61 Å². The van der Waals surface area contributed by atoms with E-state index in [1.807, 2.05) is 6.92 Å². The van der Waals surface area contributed by atoms with Crippen LogP contribution in [0.2, 0.25) is 0 Å². The molecule has 0 aliphatic heterocycles. The average molecular weight is 431 g/mol. The Morgan fingerprint density at radius 2 is 2.10 bits per heavy atom. The number of Topliss-reactive ketones (excluding diaryl/α,β-unsaturated/α-hetero) is 1. The van der Waals surface area contributed by atoms with Crippen molar-refractivity contribution in [1.82, 2.24) is 0 Å². The quantitative estimate of drug-likeness (QED) is 0.559. The number of fused-ring (bicyclic) bond motifs is 1. The summed E-state index contributed by atoms with van der Waals surface area (Å²) in [5.41, 5.74) is 3.53. The Labute approximate surface area is 188 Å². The highest BCUT2D eigenvalue weighted by atomic mass is 16.5. The van der Waals surface area contributed by atoms with Crippen molar-refractivity contribution in [1.29, 1.82) is 0 Å². The molecule has 3 aliphatic rings. The SMILES string of the molecule is C=C1/C(=C\C=C2/CCC[C@]3(C)[C@@H]([C@H](C)COCC(=O)CCC)CC[C@@H]23)C[C@@H](O)C[C@@H]1O. The number of carbonyl (C=O) groups is 1. The maximum atomic E-state index is 11.8. The van der Waals surface area contributed by atoms with E-state index in [-0.39, 0.29) is 17.8 Å². The monoisotopic (exact) mass is 430 g/mol. The number of allylic oxidation sites excluding steroid dienone is 3. The Morgan fingerprint density at radius 1 is 1.32 bits per heavy atom. The van der Waals surface area contributed by atoms with Crippen molar-refractivity contribution in [2.45, 2.75) is 90.8 Å². The summed E-state index contributed by atoms with van der Waals surface area (Å²) in [5, 5.41) is 20.2. The van der Waals surface area contributed by atoms with Crippen LogP contribution in [-0.4, -0.2) is 41.4 Å². The van der Waals surface area contributed by atoms with Gasteiger partial charge >= 0.3 is 0 Å². The minimum absolute atomic E-state index is 0.209. The lowest BCUT2D eigenvalue weighted by molar-refractivity contribution is -0.124. The number of ketones is 1. The summed E-state index contributed by atoms with van der Waals surface area (Å²) in [5.74, 6) is 1.86. The largest absolute Gasteiger partial charge is 0.393 e. The lowest BCUT2D eigenvalue weighted by Crippen LogP contribution is -2.37. The smallest absolute Gasteiger partial charge is 0.158 e. The highest BCUT2D eigenvalue weighted by Crippen LogP contribution is 2.59. The first kappa shape index (κ1) is 24.4. The molecule has 3 fully saturated rings. The van der Waals surface area contributed by atoms with Crippen LogP contribution in [0.5, 0.6) is 0 Å². The first-order valence-electron chi connectivity index (χ1n) is 12.3. The predicted octanol–water partition coefficient (Wildman–Crippen LogP) is 5.15. The molecule has 4 heteroatoms. The van der Waals surface area contributed by atoms with Gasteiger partial charge in [-0.25, -0.2) is 0 Å². The van der Waals surface area contributed by atoms with Gasteiger partial charge in [-0.15, -0.1) is 0 Å². The highest BCUT2D eigenvalue weighted by Gasteiger charge is 2.50. The third kappa shape index (κ3) is 5.58. The van der Waals surface area contributed by atoms with Gasteiger partial charge in [-0.2, -0.15) is 0 Å². The van der Waals surface area contributed by atoms with Crippen molar-refractivity contribution in [3.63, 3.8) is 0 Å². The van der Waals surface area contributed by atoms with E-state index in [1.54, 1.807) is 0 Å². The minimum Gasteiger partial charge on any atom is -0.393 e. The van der Waals surface area contributed by atoms with Crippen molar-refractivity contribution >= 4 is 5.78 Å². The zero-order chi connectivity index (χ0) is 22.6. The summed E-state index contributed by atoms with van der Waals surface area (Å²) in [4.78, 5) is 11.8. The molecule has 0 aromatic rings. The summed E-state index contributed by atoms with van der Waals surface area (Å²) in [6, 6.07) is 0.